The van der Waals surface area contributed by atoms with E-state index in [-0.39, 0.29) is 34.0 Å². The van der Waals surface area contributed by atoms with E-state index >= 15 is 0 Å². The molecule has 0 spiro atoms. The summed E-state index contributed by atoms with van der Waals surface area (Å²) in [4.78, 5) is 0. The van der Waals surface area contributed by atoms with Gasteiger partial charge in [-0.3, -0.25) is 0 Å². The van der Waals surface area contributed by atoms with Crippen LogP contribution in [0.15, 0.2) is 0 Å². The third kappa shape index (κ3) is 18.5. The molecule has 0 aromatic rings. The van der Waals surface area contributed by atoms with Gasteiger partial charge in [-0.25, -0.2) is 0 Å². The summed E-state index contributed by atoms with van der Waals surface area (Å²) >= 11 is 3.31. The van der Waals surface area contributed by atoms with Crippen LogP contribution in [0.4, 0.5) is 0 Å². The van der Waals surface area contributed by atoms with Gasteiger partial charge in [0.2, 0.25) is 0 Å². The summed E-state index contributed by atoms with van der Waals surface area (Å²) in [6.07, 6.45) is 2.60. The molecule has 0 N–H and O–H groups in total. The molecule has 0 saturated heterocycles. The Labute approximate surface area is 74.8 Å². The molecule has 0 aliphatic carbocycles. The van der Waals surface area contributed by atoms with Crippen LogP contribution in [0.25, 0.3) is 0 Å². The first kappa shape index (κ1) is 15.8. The van der Waals surface area contributed by atoms with Crippen molar-refractivity contribution in [2.24, 2.45) is 0 Å². The van der Waals surface area contributed by atoms with Crippen LogP contribution in [0.2, 0.25) is 5.32 Å². The van der Waals surface area contributed by atoms with E-state index in [4.69, 9.17) is 0 Å². The van der Waals surface area contributed by atoms with Gasteiger partial charge in [-0.2, -0.15) is 0 Å². The van der Waals surface area contributed by atoms with Crippen LogP contribution < -0.4 is 0 Å². The third-order valence-corrected chi connectivity index (χ3v) is 0.905. The zero-order valence-corrected chi connectivity index (χ0v) is 8.92. The molecule has 0 fully saturated rings. The number of hydrogen-bond acceptors (Lipinski definition) is 0. The summed E-state index contributed by atoms with van der Waals surface area (Å²) < 4.78 is 0. The van der Waals surface area contributed by atoms with Crippen molar-refractivity contribution in [1.29, 1.82) is 0 Å². The van der Waals surface area contributed by atoms with E-state index < -0.39 is 0 Å². The molecular weight excluding hydrogens is 263 g/mol. The summed E-state index contributed by atoms with van der Waals surface area (Å²) in [5.74, 6) is 0. The number of unbranched alkanes of at least 4 members (excludes halogenated alkanes) is 1. The average molecular weight is 274 g/mol. The molecule has 3 heteroatoms. The molecule has 0 aliphatic heterocycles. The van der Waals surface area contributed by atoms with Crippen molar-refractivity contribution in [3.05, 3.63) is 0 Å². The van der Waals surface area contributed by atoms with Crippen LogP contribution in [-0.2, 0) is 16.0 Å². The summed E-state index contributed by atoms with van der Waals surface area (Å²) in [5, 5.41) is 1.16. The maximum atomic E-state index is 3.31. The van der Waals surface area contributed by atoms with Crippen molar-refractivity contribution in [1.82, 2.24) is 0 Å². The second kappa shape index (κ2) is 15.6. The second-order valence-corrected chi connectivity index (χ2v) is 1.63. The van der Waals surface area contributed by atoms with E-state index in [1.54, 1.807) is 0 Å². The van der Waals surface area contributed by atoms with E-state index in [1.165, 1.54) is 12.8 Å². The number of halogens is 2. The van der Waals surface area contributed by atoms with Crippen molar-refractivity contribution < 1.29 is 16.0 Å². The van der Waals surface area contributed by atoms with Gasteiger partial charge in [0.05, 0.1) is 0 Å². The van der Waals surface area contributed by atoms with Gasteiger partial charge in [-0.1, -0.05) is 0 Å². The fourth-order valence-corrected chi connectivity index (χ4v) is 0.551. The number of hydrogen-bond donors (Lipinski definition) is 0. The van der Waals surface area contributed by atoms with Crippen molar-refractivity contribution in [3.8, 4) is 0 Å². The molecule has 0 atom stereocenters. The molecule has 0 heterocycles. The Kier molecular flexibility index (Phi) is 35.3. The molecule has 0 aromatic carbocycles. The van der Waals surface area contributed by atoms with Crippen LogP contribution in [0.1, 0.15) is 19.8 Å². The Morgan fingerprint density at radius 3 is 1.71 bits per heavy atom. The van der Waals surface area contributed by atoms with Gasteiger partial charge in [0.1, 0.15) is 0 Å². The monoisotopic (exact) mass is 272 g/mol. The summed E-state index contributed by atoms with van der Waals surface area (Å²) in [5.41, 5.74) is 0. The van der Waals surface area contributed by atoms with Crippen LogP contribution in [0.5, 0.6) is 0 Å². The van der Waals surface area contributed by atoms with Crippen molar-refractivity contribution >= 4 is 34.0 Å². The van der Waals surface area contributed by atoms with Crippen molar-refractivity contribution in [3.63, 3.8) is 0 Å². The van der Waals surface area contributed by atoms with Crippen LogP contribution in [0, 0.1) is 0 Å². The molecule has 0 nitrogen and oxygen atoms in total. The molecule has 0 aromatic heterocycles. The van der Waals surface area contributed by atoms with Gasteiger partial charge in [-0.05, 0) is 0 Å². The Balaban J connectivity index is -0.0000000800. The molecule has 0 amide bonds. The van der Waals surface area contributed by atoms with Gasteiger partial charge in [0.15, 0.2) is 0 Å². The molecular formula is C4H11Br2Mn. The average Bonchev–Trinajstić information content (AvgIpc) is 1.41. The standard InChI is InChI=1S/C4H9.2BrH.Mn/c1-3-4-2;;;/h1,3-4H2,2H3;2*1H;. The van der Waals surface area contributed by atoms with Crippen molar-refractivity contribution in [2.45, 2.75) is 25.1 Å². The first-order valence-corrected chi connectivity index (χ1v) is 2.81. The number of rotatable bonds is 2. The van der Waals surface area contributed by atoms with Crippen LogP contribution in [-0.4, -0.2) is 0 Å². The molecule has 0 unspecified atom stereocenters. The molecule has 7 heavy (non-hydrogen) atoms. The fraction of sp³-hybridized carbons (Fsp3) is 1.00. The molecule has 0 radical (unpaired) electrons. The normalized spacial score (nSPS) is 6.00. The molecule has 0 rings (SSSR count). The van der Waals surface area contributed by atoms with Crippen LogP contribution in [0.3, 0.4) is 0 Å². The summed E-state index contributed by atoms with van der Waals surface area (Å²) in [6, 6.07) is 0. The van der Waals surface area contributed by atoms with E-state index in [2.05, 4.69) is 22.9 Å². The van der Waals surface area contributed by atoms with E-state index in [0.717, 1.165) is 5.32 Å². The SMILES string of the molecule is Br.Br.CCC[CH2][Mn]. The van der Waals surface area contributed by atoms with Gasteiger partial charge in [-0.15, -0.1) is 34.0 Å². The maximum absolute atomic E-state index is 3.31. The zero-order chi connectivity index (χ0) is 4.12. The van der Waals surface area contributed by atoms with Crippen molar-refractivity contribution in [2.75, 3.05) is 0 Å². The van der Waals surface area contributed by atoms with Crippen LogP contribution >= 0.6 is 34.0 Å². The minimum absolute atomic E-state index is 0. The Hall–Kier alpha value is 1.48. The fourth-order valence-electron chi connectivity index (χ4n) is 0.134. The first-order valence-electron chi connectivity index (χ1n) is 1.97. The first-order chi connectivity index (χ1) is 2.41. The summed E-state index contributed by atoms with van der Waals surface area (Å²) in [7, 11) is 0. The topological polar surface area (TPSA) is 0 Å². The van der Waals surface area contributed by atoms with Gasteiger partial charge in [0, 0.05) is 0 Å². The van der Waals surface area contributed by atoms with Gasteiger partial charge in [0.25, 0.3) is 0 Å². The zero-order valence-electron chi connectivity index (χ0n) is 4.32. The Bertz CT molecular complexity index is 17.2. The Morgan fingerprint density at radius 1 is 1.29 bits per heavy atom. The summed E-state index contributed by atoms with van der Waals surface area (Å²) in [6.45, 7) is 2.18. The quantitative estimate of drug-likeness (QED) is 0.679. The molecule has 0 bridgehead atoms. The predicted molar refractivity (Wildman–Crippen MR) is 40.4 cm³/mol. The molecule has 48 valence electrons. The van der Waals surface area contributed by atoms with Gasteiger partial charge < -0.3 is 0 Å². The second-order valence-electron chi connectivity index (χ2n) is 1.04. The minimum atomic E-state index is 0. The van der Waals surface area contributed by atoms with E-state index in [1.807, 2.05) is 0 Å². The molecule has 0 saturated carbocycles. The van der Waals surface area contributed by atoms with E-state index in [9.17, 15) is 0 Å². The van der Waals surface area contributed by atoms with E-state index in [0.29, 0.717) is 0 Å². The van der Waals surface area contributed by atoms with Gasteiger partial charge >= 0.3 is 41.1 Å². The predicted octanol–water partition coefficient (Wildman–Crippen LogP) is 2.91. The molecule has 0 aliphatic rings. The Morgan fingerprint density at radius 2 is 1.71 bits per heavy atom. The third-order valence-electron chi connectivity index (χ3n) is 0.487.